The lowest BCUT2D eigenvalue weighted by Crippen LogP contribution is -2.29. The third kappa shape index (κ3) is 2.01. The summed E-state index contributed by atoms with van der Waals surface area (Å²) in [6.45, 7) is -0.129. The Kier molecular flexibility index (Phi) is 3.28. The second kappa shape index (κ2) is 5.02. The molecule has 0 radical (unpaired) electrons. The second-order valence-corrected chi connectivity index (χ2v) is 5.21. The molecule has 114 valence electrons. The number of halogens is 2. The minimum atomic E-state index is -1.62. The van der Waals surface area contributed by atoms with Crippen LogP contribution in [0.3, 0.4) is 0 Å². The number of rotatable bonds is 2. The van der Waals surface area contributed by atoms with E-state index in [2.05, 4.69) is 0 Å². The van der Waals surface area contributed by atoms with E-state index in [1.165, 1.54) is 16.4 Å². The molecule has 0 spiro atoms. The molecule has 2 N–H and O–H groups in total. The van der Waals surface area contributed by atoms with Crippen molar-refractivity contribution in [2.24, 2.45) is 0 Å². The maximum absolute atomic E-state index is 13.8. The highest BCUT2D eigenvalue weighted by Crippen LogP contribution is 2.48. The summed E-state index contributed by atoms with van der Waals surface area (Å²) in [4.78, 5) is 23.6. The smallest absolute Gasteiger partial charge is 0.345 e. The first kappa shape index (κ1) is 14.4. The number of ether oxygens (including phenoxy) is 1. The summed E-state index contributed by atoms with van der Waals surface area (Å²) >= 11 is 0.872. The average Bonchev–Trinajstić information content (AvgIpc) is 2.86. The van der Waals surface area contributed by atoms with Crippen LogP contribution < -0.4 is 9.64 Å². The minimum Gasteiger partial charge on any atom is -0.482 e. The molecule has 2 aliphatic heterocycles. The number of carbonyl (C=O) groups is 2. The molecule has 1 aromatic carbocycles. The standard InChI is InChI=1S/C13H7F2NO5S/c14-6-1-2-7-10(9(6)15)21-3-5-4-22-11(16(5)7)8(12(17)18)13(19)20/h1-2,4H,3H2,(H,17,18)(H,19,20). The molecule has 22 heavy (non-hydrogen) atoms. The zero-order chi connectivity index (χ0) is 16.0. The van der Waals surface area contributed by atoms with Crippen molar-refractivity contribution in [2.45, 2.75) is 0 Å². The van der Waals surface area contributed by atoms with Crippen molar-refractivity contribution in [3.63, 3.8) is 0 Å². The normalized spacial score (nSPS) is 15.6. The van der Waals surface area contributed by atoms with E-state index < -0.39 is 29.1 Å². The van der Waals surface area contributed by atoms with Crippen LogP contribution in [0.2, 0.25) is 0 Å². The van der Waals surface area contributed by atoms with Crippen LogP contribution in [-0.4, -0.2) is 28.8 Å². The van der Waals surface area contributed by atoms with Crippen molar-refractivity contribution in [3.8, 4) is 5.75 Å². The van der Waals surface area contributed by atoms with Crippen molar-refractivity contribution >= 4 is 29.4 Å². The van der Waals surface area contributed by atoms with Crippen LogP contribution in [0.4, 0.5) is 14.5 Å². The highest BCUT2D eigenvalue weighted by molar-refractivity contribution is 8.06. The first-order valence-electron chi connectivity index (χ1n) is 5.89. The molecule has 0 saturated heterocycles. The number of fused-ring (bicyclic) bond motifs is 3. The van der Waals surface area contributed by atoms with Gasteiger partial charge < -0.3 is 14.9 Å². The Hall–Kier alpha value is -2.55. The fourth-order valence-electron chi connectivity index (χ4n) is 2.15. The molecule has 2 aliphatic rings. The molecule has 0 aliphatic carbocycles. The topological polar surface area (TPSA) is 87.1 Å². The molecule has 9 heteroatoms. The van der Waals surface area contributed by atoms with Gasteiger partial charge in [0.1, 0.15) is 11.6 Å². The third-order valence-electron chi connectivity index (χ3n) is 3.07. The van der Waals surface area contributed by atoms with E-state index in [9.17, 15) is 18.4 Å². The van der Waals surface area contributed by atoms with Gasteiger partial charge in [-0.25, -0.2) is 14.0 Å². The Morgan fingerprint density at radius 3 is 2.55 bits per heavy atom. The summed E-state index contributed by atoms with van der Waals surface area (Å²) < 4.78 is 32.2. The van der Waals surface area contributed by atoms with E-state index in [0.717, 1.165) is 17.8 Å². The fourth-order valence-corrected chi connectivity index (χ4v) is 3.18. The van der Waals surface area contributed by atoms with Gasteiger partial charge in [-0.05, 0) is 12.1 Å². The third-order valence-corrected chi connectivity index (χ3v) is 4.07. The van der Waals surface area contributed by atoms with Crippen molar-refractivity contribution in [3.05, 3.63) is 45.5 Å². The quantitative estimate of drug-likeness (QED) is 0.489. The Balaban J connectivity index is 2.22. The Morgan fingerprint density at radius 1 is 1.23 bits per heavy atom. The summed E-state index contributed by atoms with van der Waals surface area (Å²) in [5, 5.41) is 19.5. The number of anilines is 1. The van der Waals surface area contributed by atoms with Gasteiger partial charge in [-0.1, -0.05) is 11.8 Å². The van der Waals surface area contributed by atoms with Crippen LogP contribution in [0, 0.1) is 11.6 Å². The lowest BCUT2D eigenvalue weighted by molar-refractivity contribution is -0.140. The molecular formula is C13H7F2NO5S. The molecule has 0 saturated carbocycles. The molecule has 1 aromatic rings. The molecule has 0 fully saturated rings. The molecule has 3 rings (SSSR count). The van der Waals surface area contributed by atoms with E-state index >= 15 is 0 Å². The number of thioether (sulfide) groups is 1. The van der Waals surface area contributed by atoms with Crippen molar-refractivity contribution in [1.82, 2.24) is 0 Å². The minimum absolute atomic E-state index is 0.0522. The van der Waals surface area contributed by atoms with Crippen LogP contribution in [0.5, 0.6) is 5.75 Å². The maximum atomic E-state index is 13.8. The van der Waals surface area contributed by atoms with E-state index in [0.29, 0.717) is 5.70 Å². The Labute approximate surface area is 126 Å². The zero-order valence-electron chi connectivity index (χ0n) is 10.7. The summed E-state index contributed by atoms with van der Waals surface area (Å²) in [7, 11) is 0. The van der Waals surface area contributed by atoms with Gasteiger partial charge >= 0.3 is 11.9 Å². The molecule has 0 amide bonds. The van der Waals surface area contributed by atoms with Crippen LogP contribution in [0.15, 0.2) is 33.8 Å². The predicted molar refractivity (Wildman–Crippen MR) is 72.3 cm³/mol. The summed E-state index contributed by atoms with van der Waals surface area (Å²) in [6, 6.07) is 2.07. The van der Waals surface area contributed by atoms with Gasteiger partial charge in [-0.2, -0.15) is 4.39 Å². The Morgan fingerprint density at radius 2 is 1.91 bits per heavy atom. The second-order valence-electron chi connectivity index (χ2n) is 4.35. The molecule has 0 aromatic heterocycles. The first-order valence-corrected chi connectivity index (χ1v) is 6.77. The van der Waals surface area contributed by atoms with E-state index in [1.54, 1.807) is 0 Å². The van der Waals surface area contributed by atoms with Gasteiger partial charge in [-0.3, -0.25) is 4.90 Å². The highest BCUT2D eigenvalue weighted by atomic mass is 32.2. The lowest BCUT2D eigenvalue weighted by Gasteiger charge is -2.30. The first-order chi connectivity index (χ1) is 10.4. The zero-order valence-corrected chi connectivity index (χ0v) is 11.5. The summed E-state index contributed by atoms with van der Waals surface area (Å²) in [5.41, 5.74) is -0.358. The Bertz CT molecular complexity index is 758. The average molecular weight is 327 g/mol. The number of hydrogen-bond acceptors (Lipinski definition) is 5. The fraction of sp³-hybridized carbons (Fsp3) is 0.0769. The van der Waals surface area contributed by atoms with Crippen LogP contribution in [-0.2, 0) is 9.59 Å². The van der Waals surface area contributed by atoms with Crippen LogP contribution in [0.1, 0.15) is 0 Å². The molecule has 0 bridgehead atoms. The monoisotopic (exact) mass is 327 g/mol. The number of carboxylic acid groups (broad SMARTS) is 2. The predicted octanol–water partition coefficient (Wildman–Crippen LogP) is 2.13. The SMILES string of the molecule is O=C(O)C(C(=O)O)=C1SC=C2COc3c(ccc(F)c3F)N21. The van der Waals surface area contributed by atoms with Crippen molar-refractivity contribution < 1.29 is 33.3 Å². The van der Waals surface area contributed by atoms with Gasteiger partial charge in [0.15, 0.2) is 17.1 Å². The largest absolute Gasteiger partial charge is 0.482 e. The molecule has 0 atom stereocenters. The van der Waals surface area contributed by atoms with Gasteiger partial charge in [0.2, 0.25) is 5.82 Å². The van der Waals surface area contributed by atoms with Crippen LogP contribution in [0.25, 0.3) is 0 Å². The maximum Gasteiger partial charge on any atom is 0.345 e. The number of benzene rings is 1. The van der Waals surface area contributed by atoms with E-state index in [4.69, 9.17) is 14.9 Å². The van der Waals surface area contributed by atoms with Gasteiger partial charge in [0.25, 0.3) is 0 Å². The van der Waals surface area contributed by atoms with E-state index in [-0.39, 0.29) is 23.1 Å². The summed E-state index contributed by atoms with van der Waals surface area (Å²) in [6.07, 6.45) is 0. The van der Waals surface area contributed by atoms with Crippen molar-refractivity contribution in [1.29, 1.82) is 0 Å². The van der Waals surface area contributed by atoms with Gasteiger partial charge in [-0.15, -0.1) is 0 Å². The highest BCUT2D eigenvalue weighted by Gasteiger charge is 2.37. The summed E-state index contributed by atoms with van der Waals surface area (Å²) in [5.74, 6) is -5.95. The molecular weight excluding hydrogens is 320 g/mol. The molecule has 2 heterocycles. The van der Waals surface area contributed by atoms with Gasteiger partial charge in [0, 0.05) is 5.41 Å². The number of aliphatic carboxylic acids is 2. The lowest BCUT2D eigenvalue weighted by atomic mass is 10.2. The van der Waals surface area contributed by atoms with Gasteiger partial charge in [0.05, 0.1) is 11.4 Å². The van der Waals surface area contributed by atoms with Crippen LogP contribution >= 0.6 is 11.8 Å². The van der Waals surface area contributed by atoms with E-state index in [1.807, 2.05) is 0 Å². The molecule has 6 nitrogen and oxygen atoms in total. The number of carboxylic acids is 2. The molecule has 0 unspecified atom stereocenters. The number of hydrogen-bond donors (Lipinski definition) is 2. The number of nitrogens with zero attached hydrogens (tertiary/aromatic N) is 1. The van der Waals surface area contributed by atoms with Crippen molar-refractivity contribution in [2.75, 3.05) is 11.5 Å².